The molecule has 1 fully saturated rings. The predicted octanol–water partition coefficient (Wildman–Crippen LogP) is 3.29. The Morgan fingerprint density at radius 1 is 1.62 bits per heavy atom. The first kappa shape index (κ1) is 8.81. The normalized spacial score (nSPS) is 34.4. The largest absolute Gasteiger partial charge is 0.317 e. The summed E-state index contributed by atoms with van der Waals surface area (Å²) in [6.07, 6.45) is 6.06. The van der Waals surface area contributed by atoms with Crippen LogP contribution < -0.4 is 0 Å². The lowest BCUT2D eigenvalue weighted by Gasteiger charge is -2.56. The SMILES string of the molecule is [C-]#[N+]CCC1=CCC2CC1C2(C)C. The maximum Gasteiger partial charge on any atom is 0.218 e. The van der Waals surface area contributed by atoms with Gasteiger partial charge in [-0.2, -0.15) is 0 Å². The van der Waals surface area contributed by atoms with Crippen LogP contribution in [0.2, 0.25) is 0 Å². The number of hydrogen-bond acceptors (Lipinski definition) is 0. The van der Waals surface area contributed by atoms with E-state index in [0.717, 1.165) is 18.3 Å². The summed E-state index contributed by atoms with van der Waals surface area (Å²) in [4.78, 5) is 3.44. The molecule has 0 amide bonds. The second-order valence-electron chi connectivity index (χ2n) is 4.95. The molecule has 0 aromatic heterocycles. The van der Waals surface area contributed by atoms with Crippen LogP contribution in [-0.4, -0.2) is 6.54 Å². The summed E-state index contributed by atoms with van der Waals surface area (Å²) < 4.78 is 0. The Morgan fingerprint density at radius 2 is 2.38 bits per heavy atom. The molecular formula is C12H17N. The first-order chi connectivity index (χ1) is 6.16. The Hall–Kier alpha value is -0.770. The van der Waals surface area contributed by atoms with E-state index in [1.54, 1.807) is 5.57 Å². The van der Waals surface area contributed by atoms with Gasteiger partial charge in [0.15, 0.2) is 0 Å². The van der Waals surface area contributed by atoms with Crippen molar-refractivity contribution in [3.8, 4) is 0 Å². The highest BCUT2D eigenvalue weighted by atomic mass is 14.6. The minimum Gasteiger partial charge on any atom is -0.317 e. The van der Waals surface area contributed by atoms with Crippen LogP contribution in [0.3, 0.4) is 0 Å². The quantitative estimate of drug-likeness (QED) is 0.448. The second-order valence-corrected chi connectivity index (χ2v) is 4.95. The fourth-order valence-corrected chi connectivity index (χ4v) is 2.94. The van der Waals surface area contributed by atoms with Gasteiger partial charge < -0.3 is 4.85 Å². The molecule has 1 saturated carbocycles. The summed E-state index contributed by atoms with van der Waals surface area (Å²) >= 11 is 0. The molecule has 0 heterocycles. The molecule has 0 aliphatic heterocycles. The fourth-order valence-electron chi connectivity index (χ4n) is 2.94. The first-order valence-corrected chi connectivity index (χ1v) is 5.18. The van der Waals surface area contributed by atoms with Gasteiger partial charge in [0.25, 0.3) is 0 Å². The fraction of sp³-hybridized carbons (Fsp3) is 0.750. The molecule has 0 aromatic carbocycles. The van der Waals surface area contributed by atoms with Crippen LogP contribution in [0.15, 0.2) is 11.6 Å². The highest BCUT2D eigenvalue weighted by molar-refractivity contribution is 5.23. The maximum absolute atomic E-state index is 6.80. The molecule has 0 aromatic rings. The number of rotatable bonds is 2. The highest BCUT2D eigenvalue weighted by Crippen LogP contribution is 2.59. The van der Waals surface area contributed by atoms with E-state index < -0.39 is 0 Å². The van der Waals surface area contributed by atoms with Crippen LogP contribution in [0.4, 0.5) is 0 Å². The Bertz CT molecular complexity index is 280. The van der Waals surface area contributed by atoms with Gasteiger partial charge in [-0.25, -0.2) is 6.57 Å². The van der Waals surface area contributed by atoms with Crippen LogP contribution in [0.1, 0.15) is 33.1 Å². The van der Waals surface area contributed by atoms with Gasteiger partial charge in [-0.1, -0.05) is 25.5 Å². The van der Waals surface area contributed by atoms with Crippen LogP contribution in [0.25, 0.3) is 4.85 Å². The van der Waals surface area contributed by atoms with Crippen molar-refractivity contribution in [1.82, 2.24) is 0 Å². The summed E-state index contributed by atoms with van der Waals surface area (Å²) in [5.41, 5.74) is 2.11. The Kier molecular flexibility index (Phi) is 1.95. The summed E-state index contributed by atoms with van der Waals surface area (Å²) in [6, 6.07) is 0. The van der Waals surface area contributed by atoms with Crippen molar-refractivity contribution in [2.75, 3.05) is 6.54 Å². The summed E-state index contributed by atoms with van der Waals surface area (Å²) in [5.74, 6) is 1.72. The molecule has 13 heavy (non-hydrogen) atoms. The average molecular weight is 175 g/mol. The molecule has 0 N–H and O–H groups in total. The molecule has 2 unspecified atom stereocenters. The van der Waals surface area contributed by atoms with Crippen molar-refractivity contribution in [2.45, 2.75) is 33.1 Å². The van der Waals surface area contributed by atoms with Gasteiger partial charge in [-0.15, -0.1) is 0 Å². The average Bonchev–Trinajstić information content (AvgIpc) is 2.14. The number of hydrogen-bond donors (Lipinski definition) is 0. The van der Waals surface area contributed by atoms with Gasteiger partial charge in [-0.05, 0) is 30.1 Å². The van der Waals surface area contributed by atoms with E-state index in [1.165, 1.54) is 12.8 Å². The van der Waals surface area contributed by atoms with E-state index in [4.69, 9.17) is 6.57 Å². The van der Waals surface area contributed by atoms with Gasteiger partial charge >= 0.3 is 0 Å². The van der Waals surface area contributed by atoms with E-state index in [-0.39, 0.29) is 0 Å². The molecule has 2 bridgehead atoms. The summed E-state index contributed by atoms with van der Waals surface area (Å²) in [5, 5.41) is 0. The third-order valence-electron chi connectivity index (χ3n) is 4.09. The van der Waals surface area contributed by atoms with Crippen molar-refractivity contribution >= 4 is 0 Å². The van der Waals surface area contributed by atoms with Crippen molar-refractivity contribution in [3.05, 3.63) is 23.1 Å². The zero-order valence-corrected chi connectivity index (χ0v) is 8.51. The molecule has 0 saturated heterocycles. The lowest BCUT2D eigenvalue weighted by molar-refractivity contribution is -0.00783. The third-order valence-corrected chi connectivity index (χ3v) is 4.09. The lowest BCUT2D eigenvalue weighted by atomic mass is 9.48. The van der Waals surface area contributed by atoms with Crippen LogP contribution in [0.5, 0.6) is 0 Å². The predicted molar refractivity (Wildman–Crippen MR) is 54.2 cm³/mol. The van der Waals surface area contributed by atoms with E-state index >= 15 is 0 Å². The molecule has 1 nitrogen and oxygen atoms in total. The van der Waals surface area contributed by atoms with Gasteiger partial charge in [0, 0.05) is 6.42 Å². The van der Waals surface area contributed by atoms with Crippen LogP contribution in [0, 0.1) is 23.8 Å². The number of allylic oxidation sites excluding steroid dienone is 1. The molecule has 2 atom stereocenters. The van der Waals surface area contributed by atoms with Gasteiger partial charge in [-0.3, -0.25) is 0 Å². The minimum atomic E-state index is 0.534. The molecule has 3 aliphatic rings. The van der Waals surface area contributed by atoms with Crippen LogP contribution >= 0.6 is 0 Å². The first-order valence-electron chi connectivity index (χ1n) is 5.18. The Morgan fingerprint density at radius 3 is 2.92 bits per heavy atom. The van der Waals surface area contributed by atoms with Crippen molar-refractivity contribution in [2.24, 2.45) is 17.3 Å². The molecular weight excluding hydrogens is 158 g/mol. The second kappa shape index (κ2) is 2.87. The van der Waals surface area contributed by atoms with E-state index in [2.05, 4.69) is 24.8 Å². The zero-order chi connectivity index (χ0) is 9.47. The lowest BCUT2D eigenvalue weighted by Crippen LogP contribution is -2.48. The highest BCUT2D eigenvalue weighted by Gasteiger charge is 2.50. The van der Waals surface area contributed by atoms with Gasteiger partial charge in [0.2, 0.25) is 6.54 Å². The van der Waals surface area contributed by atoms with Gasteiger partial charge in [0.05, 0.1) is 0 Å². The molecule has 3 rings (SSSR count). The smallest absolute Gasteiger partial charge is 0.218 e. The van der Waals surface area contributed by atoms with E-state index in [0.29, 0.717) is 12.0 Å². The molecule has 0 radical (unpaired) electrons. The number of fused-ring (bicyclic) bond motifs is 1. The maximum atomic E-state index is 6.80. The standard InChI is InChI=1S/C12H17N/c1-12(2)10-5-4-9(6-7-13-3)11(12)8-10/h4,10-11H,5-8H2,1-2H3. The monoisotopic (exact) mass is 175 g/mol. The topological polar surface area (TPSA) is 4.36 Å². The van der Waals surface area contributed by atoms with Crippen molar-refractivity contribution < 1.29 is 0 Å². The van der Waals surface area contributed by atoms with Gasteiger partial charge in [0.1, 0.15) is 0 Å². The summed E-state index contributed by atoms with van der Waals surface area (Å²) in [7, 11) is 0. The molecule has 1 heteroatoms. The Labute approximate surface area is 80.7 Å². The minimum absolute atomic E-state index is 0.534. The summed E-state index contributed by atoms with van der Waals surface area (Å²) in [6.45, 7) is 12.3. The van der Waals surface area contributed by atoms with E-state index in [1.807, 2.05) is 0 Å². The third kappa shape index (κ3) is 1.20. The van der Waals surface area contributed by atoms with Crippen molar-refractivity contribution in [3.63, 3.8) is 0 Å². The molecule has 70 valence electrons. The van der Waals surface area contributed by atoms with Crippen molar-refractivity contribution in [1.29, 1.82) is 0 Å². The molecule has 0 spiro atoms. The zero-order valence-electron chi connectivity index (χ0n) is 8.51. The van der Waals surface area contributed by atoms with Crippen LogP contribution in [-0.2, 0) is 0 Å². The number of nitrogens with zero attached hydrogens (tertiary/aromatic N) is 1. The molecule has 3 aliphatic carbocycles. The van der Waals surface area contributed by atoms with E-state index in [9.17, 15) is 0 Å². The Balaban J connectivity index is 2.06.